The van der Waals surface area contributed by atoms with Crippen molar-refractivity contribution in [1.82, 2.24) is 5.43 Å². The number of carbonyl (C=O) groups excluding carboxylic acids is 1. The Morgan fingerprint density at radius 2 is 1.90 bits per heavy atom. The number of hydrogen-bond acceptors (Lipinski definition) is 3. The first-order valence-electron chi connectivity index (χ1n) is 6.50. The number of nitrogens with one attached hydrogen (secondary N) is 1. The monoisotopic (exact) mass is 299 g/mol. The molecule has 0 spiro atoms. The molecular formula is C16H17N3OS. The van der Waals surface area contributed by atoms with Gasteiger partial charge in [0, 0.05) is 15.4 Å². The van der Waals surface area contributed by atoms with Gasteiger partial charge in [0.05, 0.1) is 5.71 Å². The Kier molecular flexibility index (Phi) is 5.00. The third-order valence-electron chi connectivity index (χ3n) is 2.83. The highest BCUT2D eigenvalue weighted by atomic mass is 32.2. The van der Waals surface area contributed by atoms with E-state index in [1.54, 1.807) is 11.8 Å². The molecule has 0 radical (unpaired) electrons. The lowest BCUT2D eigenvalue weighted by molar-refractivity contribution is 0.249. The van der Waals surface area contributed by atoms with Crippen LogP contribution in [0.1, 0.15) is 18.1 Å². The van der Waals surface area contributed by atoms with Crippen LogP contribution in [-0.4, -0.2) is 11.7 Å². The summed E-state index contributed by atoms with van der Waals surface area (Å²) in [7, 11) is 0. The van der Waals surface area contributed by atoms with Crippen LogP contribution in [0.2, 0.25) is 0 Å². The summed E-state index contributed by atoms with van der Waals surface area (Å²) in [5.74, 6) is 0. The third kappa shape index (κ3) is 4.36. The van der Waals surface area contributed by atoms with Gasteiger partial charge in [0.1, 0.15) is 0 Å². The van der Waals surface area contributed by atoms with Crippen molar-refractivity contribution in [2.45, 2.75) is 23.6 Å². The molecule has 0 aliphatic heterocycles. The second-order valence-corrected chi connectivity index (χ2v) is 5.70. The molecule has 0 saturated carbocycles. The highest BCUT2D eigenvalue weighted by Gasteiger charge is 2.08. The Labute approximate surface area is 128 Å². The van der Waals surface area contributed by atoms with Gasteiger partial charge in [0.25, 0.3) is 0 Å². The first kappa shape index (κ1) is 15.1. The molecule has 0 unspecified atom stereocenters. The zero-order chi connectivity index (χ0) is 15.2. The van der Waals surface area contributed by atoms with Crippen molar-refractivity contribution in [3.63, 3.8) is 0 Å². The number of hydrogen-bond donors (Lipinski definition) is 2. The summed E-state index contributed by atoms with van der Waals surface area (Å²) >= 11 is 1.66. The molecule has 0 aromatic heterocycles. The third-order valence-corrected chi connectivity index (χ3v) is 3.91. The van der Waals surface area contributed by atoms with Crippen LogP contribution in [0.4, 0.5) is 4.79 Å². The minimum atomic E-state index is -0.667. The number of rotatable bonds is 4. The molecule has 0 aliphatic rings. The molecule has 21 heavy (non-hydrogen) atoms. The van der Waals surface area contributed by atoms with Gasteiger partial charge >= 0.3 is 6.03 Å². The van der Waals surface area contributed by atoms with E-state index in [1.165, 1.54) is 0 Å². The van der Waals surface area contributed by atoms with Crippen molar-refractivity contribution in [1.29, 1.82) is 0 Å². The van der Waals surface area contributed by atoms with E-state index in [2.05, 4.69) is 34.8 Å². The zero-order valence-corrected chi connectivity index (χ0v) is 12.8. The number of carbonyl (C=O) groups is 1. The maximum Gasteiger partial charge on any atom is 0.332 e. The van der Waals surface area contributed by atoms with E-state index < -0.39 is 6.03 Å². The van der Waals surface area contributed by atoms with Crippen LogP contribution in [0.25, 0.3) is 0 Å². The Morgan fingerprint density at radius 1 is 1.19 bits per heavy atom. The van der Waals surface area contributed by atoms with Crippen LogP contribution in [0.3, 0.4) is 0 Å². The first-order valence-corrected chi connectivity index (χ1v) is 7.31. The van der Waals surface area contributed by atoms with E-state index in [4.69, 9.17) is 5.73 Å². The second kappa shape index (κ2) is 6.95. The summed E-state index contributed by atoms with van der Waals surface area (Å²) in [5.41, 5.74) is 10.2. The van der Waals surface area contributed by atoms with Gasteiger partial charge in [-0.15, -0.1) is 0 Å². The van der Waals surface area contributed by atoms with E-state index >= 15 is 0 Å². The van der Waals surface area contributed by atoms with Crippen molar-refractivity contribution in [3.8, 4) is 0 Å². The van der Waals surface area contributed by atoms with Gasteiger partial charge < -0.3 is 5.73 Å². The number of hydrazone groups is 1. The van der Waals surface area contributed by atoms with Gasteiger partial charge in [-0.3, -0.25) is 0 Å². The molecule has 0 saturated heterocycles. The van der Waals surface area contributed by atoms with Gasteiger partial charge in [-0.25, -0.2) is 10.2 Å². The molecule has 0 fully saturated rings. The lowest BCUT2D eigenvalue weighted by Gasteiger charge is -2.10. The SMILES string of the molecule is C/C(=N\NC(N)=O)c1cc(C)ccc1Sc1ccccc1. The van der Waals surface area contributed by atoms with E-state index in [0.29, 0.717) is 0 Å². The highest BCUT2D eigenvalue weighted by Crippen LogP contribution is 2.31. The van der Waals surface area contributed by atoms with Gasteiger partial charge in [0.2, 0.25) is 0 Å². The molecule has 0 aliphatic carbocycles. The van der Waals surface area contributed by atoms with E-state index in [1.807, 2.05) is 38.1 Å². The molecule has 5 heteroatoms. The summed E-state index contributed by atoms with van der Waals surface area (Å²) in [6, 6.07) is 15.6. The zero-order valence-electron chi connectivity index (χ0n) is 12.0. The Morgan fingerprint density at radius 3 is 2.57 bits per heavy atom. The topological polar surface area (TPSA) is 67.5 Å². The van der Waals surface area contributed by atoms with Crippen LogP contribution in [0.5, 0.6) is 0 Å². The number of nitrogens with zero attached hydrogens (tertiary/aromatic N) is 1. The number of benzene rings is 2. The standard InChI is InChI=1S/C16H17N3OS/c1-11-8-9-15(21-13-6-4-3-5-7-13)14(10-11)12(2)18-19-16(17)20/h3-10H,1-2H3,(H3,17,19,20)/b18-12+. The average molecular weight is 299 g/mol. The largest absolute Gasteiger partial charge is 0.350 e. The minimum Gasteiger partial charge on any atom is -0.350 e. The van der Waals surface area contributed by atoms with Crippen LogP contribution in [0.15, 0.2) is 63.4 Å². The van der Waals surface area contributed by atoms with Gasteiger partial charge in [-0.2, -0.15) is 5.10 Å². The predicted molar refractivity (Wildman–Crippen MR) is 86.7 cm³/mol. The predicted octanol–water partition coefficient (Wildman–Crippen LogP) is 3.54. The summed E-state index contributed by atoms with van der Waals surface area (Å²) < 4.78 is 0. The smallest absolute Gasteiger partial charge is 0.332 e. The average Bonchev–Trinajstić information content (AvgIpc) is 2.47. The minimum absolute atomic E-state index is 0.667. The molecular weight excluding hydrogens is 282 g/mol. The normalized spacial score (nSPS) is 11.2. The van der Waals surface area contributed by atoms with Gasteiger partial charge in [-0.1, -0.05) is 41.6 Å². The maximum atomic E-state index is 10.8. The fraction of sp³-hybridized carbons (Fsp3) is 0.125. The molecule has 0 bridgehead atoms. The second-order valence-electron chi connectivity index (χ2n) is 4.59. The Balaban J connectivity index is 2.33. The number of nitrogens with two attached hydrogens (primary N) is 1. The molecule has 2 rings (SSSR count). The molecule has 108 valence electrons. The lowest BCUT2D eigenvalue weighted by atomic mass is 10.1. The van der Waals surface area contributed by atoms with Crippen molar-refractivity contribution in [2.75, 3.05) is 0 Å². The number of primary amides is 1. The number of amides is 2. The fourth-order valence-electron chi connectivity index (χ4n) is 1.83. The molecule has 0 atom stereocenters. The fourth-order valence-corrected chi connectivity index (χ4v) is 2.83. The lowest BCUT2D eigenvalue weighted by Crippen LogP contribution is -2.25. The Bertz CT molecular complexity index is 668. The van der Waals surface area contributed by atoms with Crippen molar-refractivity contribution in [2.24, 2.45) is 10.8 Å². The van der Waals surface area contributed by atoms with Crippen LogP contribution in [-0.2, 0) is 0 Å². The molecule has 0 heterocycles. The first-order chi connectivity index (χ1) is 10.1. The summed E-state index contributed by atoms with van der Waals surface area (Å²) in [5, 5.41) is 4.02. The molecule has 3 N–H and O–H groups in total. The van der Waals surface area contributed by atoms with Crippen molar-refractivity contribution in [3.05, 3.63) is 59.7 Å². The summed E-state index contributed by atoms with van der Waals surface area (Å²) in [4.78, 5) is 13.0. The van der Waals surface area contributed by atoms with Gasteiger partial charge in [0.15, 0.2) is 0 Å². The van der Waals surface area contributed by atoms with E-state index in [-0.39, 0.29) is 0 Å². The van der Waals surface area contributed by atoms with Crippen LogP contribution in [0, 0.1) is 6.92 Å². The number of urea groups is 1. The highest BCUT2D eigenvalue weighted by molar-refractivity contribution is 7.99. The molecule has 4 nitrogen and oxygen atoms in total. The van der Waals surface area contributed by atoms with Gasteiger partial charge in [-0.05, 0) is 38.1 Å². The maximum absolute atomic E-state index is 10.8. The quantitative estimate of drug-likeness (QED) is 0.670. The van der Waals surface area contributed by atoms with E-state index in [9.17, 15) is 4.79 Å². The van der Waals surface area contributed by atoms with E-state index in [0.717, 1.165) is 26.6 Å². The van der Waals surface area contributed by atoms with Crippen molar-refractivity contribution >= 4 is 23.5 Å². The molecule has 2 aromatic rings. The van der Waals surface area contributed by atoms with Crippen molar-refractivity contribution < 1.29 is 4.79 Å². The van der Waals surface area contributed by atoms with Crippen LogP contribution >= 0.6 is 11.8 Å². The summed E-state index contributed by atoms with van der Waals surface area (Å²) in [6.45, 7) is 3.87. The Hall–Kier alpha value is -2.27. The molecule has 2 amide bonds. The number of aryl methyl sites for hydroxylation is 1. The van der Waals surface area contributed by atoms with Crippen LogP contribution < -0.4 is 11.2 Å². The summed E-state index contributed by atoms with van der Waals surface area (Å²) in [6.07, 6.45) is 0. The molecule has 2 aromatic carbocycles.